The second kappa shape index (κ2) is 5.86. The van der Waals surface area contributed by atoms with E-state index in [9.17, 15) is 4.79 Å². The number of aromatic nitrogens is 3. The van der Waals surface area contributed by atoms with Crippen LogP contribution in [0.2, 0.25) is 0 Å². The monoisotopic (exact) mass is 449 g/mol. The summed E-state index contributed by atoms with van der Waals surface area (Å²) < 4.78 is 3.46. The number of nitrogens with zero attached hydrogens (tertiary/aromatic N) is 5. The number of carbonyl (C=O) groups excluding carboxylic acids is 1. The molecule has 1 aliphatic rings. The minimum Gasteiger partial charge on any atom is -0.285 e. The largest absolute Gasteiger partial charge is 0.292 e. The van der Waals surface area contributed by atoms with Crippen LogP contribution < -0.4 is 5.01 Å². The molecule has 0 radical (unpaired) electrons. The van der Waals surface area contributed by atoms with Gasteiger partial charge in [0, 0.05) is 36.5 Å². The number of benzene rings is 1. The lowest BCUT2D eigenvalue weighted by Crippen LogP contribution is -2.48. The standard InChI is InChI=1S/C16H13Br2N5O/c1-21-14-3-2-11(17)6-10(14)4-5-23(21)16(24)13-7-15-19-8-12(18)9-22(15)20-13/h2-3,6-9H,4-5H2,1H3. The minimum absolute atomic E-state index is 0.132. The average Bonchev–Trinajstić information content (AvgIpc) is 2.97. The topological polar surface area (TPSA) is 53.7 Å². The minimum atomic E-state index is -0.132. The zero-order valence-electron chi connectivity index (χ0n) is 12.8. The van der Waals surface area contributed by atoms with Crippen LogP contribution in [-0.2, 0) is 6.42 Å². The van der Waals surface area contributed by atoms with E-state index >= 15 is 0 Å². The summed E-state index contributed by atoms with van der Waals surface area (Å²) in [4.78, 5) is 17.2. The van der Waals surface area contributed by atoms with E-state index < -0.39 is 0 Å². The van der Waals surface area contributed by atoms with E-state index in [1.807, 2.05) is 24.2 Å². The normalized spacial score (nSPS) is 14.1. The molecule has 1 aromatic carbocycles. The Morgan fingerprint density at radius 1 is 1.21 bits per heavy atom. The lowest BCUT2D eigenvalue weighted by molar-refractivity contribution is 0.0732. The quantitative estimate of drug-likeness (QED) is 0.570. The summed E-state index contributed by atoms with van der Waals surface area (Å²) >= 11 is 6.85. The predicted molar refractivity (Wildman–Crippen MR) is 98.0 cm³/mol. The molecule has 0 bridgehead atoms. The highest BCUT2D eigenvalue weighted by Gasteiger charge is 2.28. The molecule has 1 aliphatic heterocycles. The van der Waals surface area contributed by atoms with Crippen LogP contribution in [0.4, 0.5) is 5.69 Å². The van der Waals surface area contributed by atoms with E-state index in [2.05, 4.69) is 48.0 Å². The van der Waals surface area contributed by atoms with E-state index in [0.29, 0.717) is 17.9 Å². The molecule has 4 rings (SSSR count). The molecule has 24 heavy (non-hydrogen) atoms. The van der Waals surface area contributed by atoms with Gasteiger partial charge >= 0.3 is 0 Å². The van der Waals surface area contributed by atoms with Gasteiger partial charge in [-0.25, -0.2) is 14.5 Å². The van der Waals surface area contributed by atoms with Crippen molar-refractivity contribution < 1.29 is 4.79 Å². The molecule has 6 nitrogen and oxygen atoms in total. The van der Waals surface area contributed by atoms with Crippen LogP contribution in [0.15, 0.2) is 45.6 Å². The molecule has 3 heterocycles. The number of hydrogen-bond acceptors (Lipinski definition) is 4. The van der Waals surface area contributed by atoms with Gasteiger partial charge in [-0.2, -0.15) is 5.10 Å². The second-order valence-electron chi connectivity index (χ2n) is 5.58. The van der Waals surface area contributed by atoms with Crippen molar-refractivity contribution in [2.45, 2.75) is 6.42 Å². The van der Waals surface area contributed by atoms with Crippen LogP contribution >= 0.6 is 31.9 Å². The van der Waals surface area contributed by atoms with Gasteiger partial charge in [-0.1, -0.05) is 15.9 Å². The lowest BCUT2D eigenvalue weighted by atomic mass is 10.1. The molecule has 0 unspecified atom stereocenters. The summed E-state index contributed by atoms with van der Waals surface area (Å²) in [7, 11) is 1.90. The number of hydrogen-bond donors (Lipinski definition) is 0. The Hall–Kier alpha value is -1.93. The van der Waals surface area contributed by atoms with Gasteiger partial charge in [0.1, 0.15) is 0 Å². The molecule has 0 atom stereocenters. The zero-order chi connectivity index (χ0) is 16.8. The first-order valence-corrected chi connectivity index (χ1v) is 8.96. The number of halogens is 2. The predicted octanol–water partition coefficient (Wildman–Crippen LogP) is 3.30. The SMILES string of the molecule is CN1c2ccc(Br)cc2CCN1C(=O)c1cc2ncc(Br)cn2n1. The fourth-order valence-electron chi connectivity index (χ4n) is 2.90. The molecule has 2 aromatic heterocycles. The van der Waals surface area contributed by atoms with Crippen molar-refractivity contribution in [2.75, 3.05) is 18.6 Å². The van der Waals surface area contributed by atoms with Crippen LogP contribution in [-0.4, -0.2) is 39.1 Å². The van der Waals surface area contributed by atoms with E-state index in [-0.39, 0.29) is 5.91 Å². The molecule has 1 amide bonds. The first-order chi connectivity index (χ1) is 11.5. The summed E-state index contributed by atoms with van der Waals surface area (Å²) in [5.74, 6) is -0.132. The molecular weight excluding hydrogens is 438 g/mol. The summed E-state index contributed by atoms with van der Waals surface area (Å²) in [5.41, 5.74) is 3.28. The molecule has 8 heteroatoms. The van der Waals surface area contributed by atoms with Crippen LogP contribution in [0.1, 0.15) is 16.1 Å². The van der Waals surface area contributed by atoms with E-state index in [1.165, 1.54) is 5.56 Å². The number of carbonyl (C=O) groups is 1. The molecule has 0 saturated carbocycles. The van der Waals surface area contributed by atoms with Gasteiger partial charge in [-0.3, -0.25) is 9.80 Å². The maximum absolute atomic E-state index is 12.9. The van der Waals surface area contributed by atoms with Crippen molar-refractivity contribution in [3.63, 3.8) is 0 Å². The Kier molecular flexibility index (Phi) is 3.80. The number of fused-ring (bicyclic) bond motifs is 2. The molecule has 0 spiro atoms. The smallest absolute Gasteiger partial charge is 0.285 e. The van der Waals surface area contributed by atoms with Crippen LogP contribution in [0.3, 0.4) is 0 Å². The van der Waals surface area contributed by atoms with Crippen molar-refractivity contribution >= 4 is 49.1 Å². The number of amides is 1. The first-order valence-electron chi connectivity index (χ1n) is 7.38. The molecular formula is C16H13Br2N5O. The third kappa shape index (κ3) is 2.59. The number of hydrazine groups is 1. The third-order valence-electron chi connectivity index (χ3n) is 4.08. The van der Waals surface area contributed by atoms with Crippen molar-refractivity contribution in [2.24, 2.45) is 0 Å². The van der Waals surface area contributed by atoms with Gasteiger partial charge in [0.05, 0.1) is 10.2 Å². The molecule has 0 aliphatic carbocycles. The van der Waals surface area contributed by atoms with Crippen molar-refractivity contribution in [1.29, 1.82) is 0 Å². The Labute approximate surface area is 155 Å². The maximum atomic E-state index is 12.9. The van der Waals surface area contributed by atoms with Gasteiger partial charge < -0.3 is 0 Å². The van der Waals surface area contributed by atoms with Gasteiger partial charge in [0.25, 0.3) is 5.91 Å². The highest BCUT2D eigenvalue weighted by atomic mass is 79.9. The van der Waals surface area contributed by atoms with E-state index in [4.69, 9.17) is 0 Å². The van der Waals surface area contributed by atoms with Crippen LogP contribution in [0.5, 0.6) is 0 Å². The molecule has 0 N–H and O–H groups in total. The molecule has 0 fully saturated rings. The van der Waals surface area contributed by atoms with Gasteiger partial charge in [0.15, 0.2) is 11.3 Å². The summed E-state index contributed by atoms with van der Waals surface area (Å²) in [5, 5.41) is 7.96. The Balaban J connectivity index is 1.67. The summed E-state index contributed by atoms with van der Waals surface area (Å²) in [6.45, 7) is 0.615. The third-order valence-corrected chi connectivity index (χ3v) is 4.98. The first kappa shape index (κ1) is 15.6. The number of rotatable bonds is 1. The summed E-state index contributed by atoms with van der Waals surface area (Å²) in [6.07, 6.45) is 4.28. The molecule has 122 valence electrons. The highest BCUT2D eigenvalue weighted by molar-refractivity contribution is 9.10. The van der Waals surface area contributed by atoms with Crippen molar-refractivity contribution in [3.8, 4) is 0 Å². The van der Waals surface area contributed by atoms with Crippen LogP contribution in [0.25, 0.3) is 5.65 Å². The van der Waals surface area contributed by atoms with E-state index in [1.54, 1.807) is 28.0 Å². The summed E-state index contributed by atoms with van der Waals surface area (Å²) in [6, 6.07) is 7.80. The highest BCUT2D eigenvalue weighted by Crippen LogP contribution is 2.29. The lowest BCUT2D eigenvalue weighted by Gasteiger charge is -2.38. The van der Waals surface area contributed by atoms with Crippen molar-refractivity contribution in [3.05, 3.63) is 56.9 Å². The Morgan fingerprint density at radius 2 is 2.04 bits per heavy atom. The zero-order valence-corrected chi connectivity index (χ0v) is 16.0. The number of anilines is 1. The Bertz CT molecular complexity index is 955. The van der Waals surface area contributed by atoms with Gasteiger partial charge in [0.2, 0.25) is 0 Å². The fraction of sp³-hybridized carbons (Fsp3) is 0.188. The Morgan fingerprint density at radius 3 is 2.88 bits per heavy atom. The average molecular weight is 451 g/mol. The molecule has 0 saturated heterocycles. The van der Waals surface area contributed by atoms with Crippen LogP contribution in [0, 0.1) is 0 Å². The van der Waals surface area contributed by atoms with Gasteiger partial charge in [-0.05, 0) is 46.1 Å². The maximum Gasteiger partial charge on any atom is 0.292 e. The van der Waals surface area contributed by atoms with Crippen molar-refractivity contribution in [1.82, 2.24) is 19.6 Å². The van der Waals surface area contributed by atoms with E-state index in [0.717, 1.165) is 21.1 Å². The molecule has 3 aromatic rings. The van der Waals surface area contributed by atoms with Gasteiger partial charge in [-0.15, -0.1) is 0 Å². The fourth-order valence-corrected chi connectivity index (χ4v) is 3.61. The second-order valence-corrected chi connectivity index (χ2v) is 7.41.